The standard InChI is InChI=1S/C14H18N4O2/c1-9-3-2-4-11(15)12(9)13(19)17-5-6-18-10(8-17)7-16-14(18)20/h2-4,10H,5-8,15H2,1H3,(H,16,20). The molecule has 0 spiro atoms. The predicted octanol–water partition coefficient (Wildman–Crippen LogP) is 0.427. The summed E-state index contributed by atoms with van der Waals surface area (Å²) in [4.78, 5) is 27.8. The van der Waals surface area contributed by atoms with Crippen LogP contribution in [-0.2, 0) is 0 Å². The van der Waals surface area contributed by atoms with Gasteiger partial charge in [0.25, 0.3) is 5.91 Å². The Labute approximate surface area is 117 Å². The molecular formula is C14H18N4O2. The summed E-state index contributed by atoms with van der Waals surface area (Å²) >= 11 is 0. The second-order valence-electron chi connectivity index (χ2n) is 5.32. The third kappa shape index (κ3) is 1.97. The lowest BCUT2D eigenvalue weighted by molar-refractivity contribution is 0.0617. The number of rotatable bonds is 1. The van der Waals surface area contributed by atoms with Gasteiger partial charge < -0.3 is 20.9 Å². The van der Waals surface area contributed by atoms with Crippen LogP contribution < -0.4 is 11.1 Å². The number of amides is 3. The molecule has 106 valence electrons. The van der Waals surface area contributed by atoms with Crippen LogP contribution in [0.3, 0.4) is 0 Å². The van der Waals surface area contributed by atoms with Gasteiger partial charge in [-0.15, -0.1) is 0 Å². The van der Waals surface area contributed by atoms with Gasteiger partial charge in [-0.25, -0.2) is 4.79 Å². The highest BCUT2D eigenvalue weighted by Gasteiger charge is 2.37. The molecule has 2 fully saturated rings. The van der Waals surface area contributed by atoms with Crippen molar-refractivity contribution in [3.05, 3.63) is 29.3 Å². The smallest absolute Gasteiger partial charge is 0.317 e. The van der Waals surface area contributed by atoms with Gasteiger partial charge in [-0.1, -0.05) is 12.1 Å². The molecule has 2 aliphatic rings. The molecule has 1 aromatic carbocycles. The van der Waals surface area contributed by atoms with Crippen LogP contribution in [0.1, 0.15) is 15.9 Å². The van der Waals surface area contributed by atoms with Crippen molar-refractivity contribution in [2.75, 3.05) is 31.9 Å². The minimum Gasteiger partial charge on any atom is -0.398 e. The zero-order valence-electron chi connectivity index (χ0n) is 11.4. The molecule has 3 amide bonds. The highest BCUT2D eigenvalue weighted by Crippen LogP contribution is 2.21. The summed E-state index contributed by atoms with van der Waals surface area (Å²) in [7, 11) is 0. The van der Waals surface area contributed by atoms with E-state index in [9.17, 15) is 9.59 Å². The van der Waals surface area contributed by atoms with E-state index in [0.717, 1.165) is 5.56 Å². The number of hydrogen-bond donors (Lipinski definition) is 2. The number of nitrogen functional groups attached to an aromatic ring is 1. The maximum absolute atomic E-state index is 12.6. The van der Waals surface area contributed by atoms with Gasteiger partial charge in [0.15, 0.2) is 0 Å². The van der Waals surface area contributed by atoms with Crippen molar-refractivity contribution in [3.8, 4) is 0 Å². The average Bonchev–Trinajstić information content (AvgIpc) is 2.79. The van der Waals surface area contributed by atoms with Crippen LogP contribution >= 0.6 is 0 Å². The first-order valence-electron chi connectivity index (χ1n) is 6.77. The van der Waals surface area contributed by atoms with E-state index in [2.05, 4.69) is 5.32 Å². The third-order valence-corrected chi connectivity index (χ3v) is 4.04. The van der Waals surface area contributed by atoms with Crippen molar-refractivity contribution in [2.24, 2.45) is 0 Å². The summed E-state index contributed by atoms with van der Waals surface area (Å²) in [5.41, 5.74) is 7.91. The summed E-state index contributed by atoms with van der Waals surface area (Å²) < 4.78 is 0. The van der Waals surface area contributed by atoms with Crippen LogP contribution in [-0.4, -0.2) is 54.0 Å². The normalized spacial score (nSPS) is 21.6. The van der Waals surface area contributed by atoms with Gasteiger partial charge in [0.05, 0.1) is 11.6 Å². The number of urea groups is 1. The first-order valence-corrected chi connectivity index (χ1v) is 6.77. The summed E-state index contributed by atoms with van der Waals surface area (Å²) in [6.07, 6.45) is 0. The van der Waals surface area contributed by atoms with Crippen molar-refractivity contribution in [3.63, 3.8) is 0 Å². The van der Waals surface area contributed by atoms with Gasteiger partial charge in [0, 0.05) is 31.9 Å². The fourth-order valence-corrected chi connectivity index (χ4v) is 2.93. The fraction of sp³-hybridized carbons (Fsp3) is 0.429. The first-order chi connectivity index (χ1) is 9.58. The van der Waals surface area contributed by atoms with E-state index in [0.29, 0.717) is 37.4 Å². The molecule has 1 unspecified atom stereocenters. The second kappa shape index (κ2) is 4.70. The van der Waals surface area contributed by atoms with Crippen LogP contribution in [0.15, 0.2) is 18.2 Å². The molecular weight excluding hydrogens is 256 g/mol. The highest BCUT2D eigenvalue weighted by atomic mass is 16.2. The molecule has 3 N–H and O–H groups in total. The minimum absolute atomic E-state index is 0.0301. The van der Waals surface area contributed by atoms with Crippen molar-refractivity contribution < 1.29 is 9.59 Å². The quantitative estimate of drug-likeness (QED) is 0.729. The Hall–Kier alpha value is -2.24. The van der Waals surface area contributed by atoms with E-state index < -0.39 is 0 Å². The molecule has 0 aliphatic carbocycles. The summed E-state index contributed by atoms with van der Waals surface area (Å²) in [5, 5.41) is 2.81. The highest BCUT2D eigenvalue weighted by molar-refractivity contribution is 6.00. The first kappa shape index (κ1) is 12.8. The second-order valence-corrected chi connectivity index (χ2v) is 5.32. The lowest BCUT2D eigenvalue weighted by Gasteiger charge is -2.36. The van der Waals surface area contributed by atoms with E-state index >= 15 is 0 Å². The number of nitrogens with zero attached hydrogens (tertiary/aromatic N) is 2. The number of nitrogens with one attached hydrogen (secondary N) is 1. The number of hydrogen-bond acceptors (Lipinski definition) is 3. The fourth-order valence-electron chi connectivity index (χ4n) is 2.93. The number of aryl methyl sites for hydroxylation is 1. The minimum atomic E-state index is -0.0420. The molecule has 20 heavy (non-hydrogen) atoms. The van der Waals surface area contributed by atoms with Gasteiger partial charge in [0.2, 0.25) is 0 Å². The molecule has 1 atom stereocenters. The molecule has 2 heterocycles. The molecule has 0 radical (unpaired) electrons. The predicted molar refractivity (Wildman–Crippen MR) is 75.4 cm³/mol. The Morgan fingerprint density at radius 2 is 2.20 bits per heavy atom. The van der Waals surface area contributed by atoms with Gasteiger partial charge in [-0.05, 0) is 18.6 Å². The summed E-state index contributed by atoms with van der Waals surface area (Å²) in [5.74, 6) is -0.0420. The summed E-state index contributed by atoms with van der Waals surface area (Å²) in [6, 6.07) is 5.53. The van der Waals surface area contributed by atoms with E-state index in [1.165, 1.54) is 0 Å². The Morgan fingerprint density at radius 1 is 1.40 bits per heavy atom. The lowest BCUT2D eigenvalue weighted by Crippen LogP contribution is -2.53. The molecule has 6 heteroatoms. The van der Waals surface area contributed by atoms with E-state index in [4.69, 9.17) is 5.73 Å². The number of fused-ring (bicyclic) bond motifs is 1. The van der Waals surface area contributed by atoms with Crippen LogP contribution in [0.2, 0.25) is 0 Å². The van der Waals surface area contributed by atoms with Crippen LogP contribution in [0.5, 0.6) is 0 Å². The molecule has 2 aliphatic heterocycles. The number of benzene rings is 1. The maximum Gasteiger partial charge on any atom is 0.317 e. The van der Waals surface area contributed by atoms with Gasteiger partial charge in [-0.3, -0.25) is 4.79 Å². The zero-order valence-corrected chi connectivity index (χ0v) is 11.4. The molecule has 0 bridgehead atoms. The van der Waals surface area contributed by atoms with Crippen LogP contribution in [0.4, 0.5) is 10.5 Å². The molecule has 0 saturated carbocycles. The van der Waals surface area contributed by atoms with Crippen molar-refractivity contribution in [1.29, 1.82) is 0 Å². The number of nitrogens with two attached hydrogens (primary N) is 1. The zero-order chi connectivity index (χ0) is 14.3. The van der Waals surface area contributed by atoms with E-state index in [-0.39, 0.29) is 18.0 Å². The van der Waals surface area contributed by atoms with Gasteiger partial charge in [-0.2, -0.15) is 0 Å². The topological polar surface area (TPSA) is 78.7 Å². The average molecular weight is 274 g/mol. The largest absolute Gasteiger partial charge is 0.398 e. The number of carbonyl (C=O) groups is 2. The number of anilines is 1. The third-order valence-electron chi connectivity index (χ3n) is 4.04. The van der Waals surface area contributed by atoms with Gasteiger partial charge >= 0.3 is 6.03 Å². The van der Waals surface area contributed by atoms with E-state index in [1.54, 1.807) is 15.9 Å². The molecule has 0 aromatic heterocycles. The molecule has 1 aromatic rings. The Bertz CT molecular complexity index is 552. The van der Waals surface area contributed by atoms with Crippen LogP contribution in [0.25, 0.3) is 0 Å². The molecule has 6 nitrogen and oxygen atoms in total. The number of carbonyl (C=O) groups excluding carboxylic acids is 2. The van der Waals surface area contributed by atoms with Crippen molar-refractivity contribution in [2.45, 2.75) is 13.0 Å². The monoisotopic (exact) mass is 274 g/mol. The van der Waals surface area contributed by atoms with Crippen molar-refractivity contribution >= 4 is 17.6 Å². The summed E-state index contributed by atoms with van der Waals surface area (Å²) in [6.45, 7) is 4.18. The Balaban J connectivity index is 1.80. The Kier molecular flexibility index (Phi) is 3.00. The van der Waals surface area contributed by atoms with Gasteiger partial charge in [0.1, 0.15) is 0 Å². The molecule has 2 saturated heterocycles. The molecule has 3 rings (SSSR count). The SMILES string of the molecule is Cc1cccc(N)c1C(=O)N1CCN2C(=O)NCC2C1. The number of piperazine rings is 1. The van der Waals surface area contributed by atoms with E-state index in [1.807, 2.05) is 19.1 Å². The maximum atomic E-state index is 12.6. The lowest BCUT2D eigenvalue weighted by atomic mass is 10.0. The van der Waals surface area contributed by atoms with Crippen molar-refractivity contribution in [1.82, 2.24) is 15.1 Å². The van der Waals surface area contributed by atoms with Crippen LogP contribution in [0, 0.1) is 6.92 Å². The Morgan fingerprint density at radius 3 is 2.95 bits per heavy atom.